The fourth-order valence-electron chi connectivity index (χ4n) is 5.38. The third-order valence-electron chi connectivity index (χ3n) is 7.50. The predicted molar refractivity (Wildman–Crippen MR) is 150 cm³/mol. The zero-order chi connectivity index (χ0) is 27.0. The number of hydrogen-bond acceptors (Lipinski definition) is 7. The monoisotopic (exact) mass is 546 g/mol. The summed E-state index contributed by atoms with van der Waals surface area (Å²) in [5, 5.41) is 4.76. The number of sulfone groups is 1. The van der Waals surface area contributed by atoms with Crippen LogP contribution < -0.4 is 10.1 Å². The number of anilines is 1. The van der Waals surface area contributed by atoms with E-state index in [9.17, 15) is 12.8 Å². The van der Waals surface area contributed by atoms with Crippen LogP contribution in [0.25, 0.3) is 22.0 Å². The number of ether oxygens (including phenoxy) is 1. The Bertz CT molecular complexity index is 1620. The van der Waals surface area contributed by atoms with Crippen LogP contribution in [0.1, 0.15) is 49.7 Å². The number of pyridine rings is 1. The van der Waals surface area contributed by atoms with E-state index in [1.165, 1.54) is 0 Å². The van der Waals surface area contributed by atoms with Crippen LogP contribution in [-0.2, 0) is 15.6 Å². The van der Waals surface area contributed by atoms with Gasteiger partial charge in [0.2, 0.25) is 11.8 Å². The predicted octanol–water partition coefficient (Wildman–Crippen LogP) is 6.56. The fourth-order valence-corrected chi connectivity index (χ4v) is 7.14. The van der Waals surface area contributed by atoms with Crippen LogP contribution in [0, 0.1) is 6.92 Å². The number of halogens is 1. The Morgan fingerprint density at radius 3 is 2.62 bits per heavy atom. The van der Waals surface area contributed by atoms with E-state index in [1.54, 1.807) is 18.5 Å². The van der Waals surface area contributed by atoms with Gasteiger partial charge in [-0.15, -0.1) is 0 Å². The summed E-state index contributed by atoms with van der Waals surface area (Å²) in [6.07, 6.45) is 6.84. The molecule has 4 aromatic rings. The van der Waals surface area contributed by atoms with Gasteiger partial charge < -0.3 is 10.1 Å². The van der Waals surface area contributed by atoms with Crippen LogP contribution in [0.3, 0.4) is 0 Å². The topological polar surface area (TPSA) is 94.1 Å². The number of nitrogens with one attached hydrogen (secondary N) is 1. The van der Waals surface area contributed by atoms with Gasteiger partial charge in [0.25, 0.3) is 0 Å². The number of benzene rings is 2. The summed E-state index contributed by atoms with van der Waals surface area (Å²) in [5.41, 5.74) is 2.94. The molecule has 7 nitrogen and oxygen atoms in total. The number of rotatable bonds is 8. The molecule has 2 aliphatic carbocycles. The highest BCUT2D eigenvalue weighted by atomic mass is 32.2. The van der Waals surface area contributed by atoms with Crippen molar-refractivity contribution in [3.63, 3.8) is 0 Å². The molecule has 0 spiro atoms. The average Bonchev–Trinajstić information content (AvgIpc) is 3.78. The molecule has 2 saturated carbocycles. The average molecular weight is 547 g/mol. The molecule has 2 fully saturated rings. The second-order valence-corrected chi connectivity index (χ2v) is 12.8. The van der Waals surface area contributed by atoms with Gasteiger partial charge in [0.05, 0.1) is 22.3 Å². The second kappa shape index (κ2) is 10.5. The van der Waals surface area contributed by atoms with E-state index < -0.39 is 16.0 Å². The van der Waals surface area contributed by atoms with Crippen molar-refractivity contribution in [2.45, 2.75) is 68.7 Å². The van der Waals surface area contributed by atoms with Crippen molar-refractivity contribution < 1.29 is 17.5 Å². The lowest BCUT2D eigenvalue weighted by atomic mass is 9.94. The quantitative estimate of drug-likeness (QED) is 0.267. The van der Waals surface area contributed by atoms with Crippen molar-refractivity contribution in [3.05, 3.63) is 72.1 Å². The SMILES string of the molecule is Cc1cc(CS(=O)(=O)C2CC2)c2ccccc2c1Oc1ncccc1-c1ccnc(NC2CCCC(F)C2)n1. The third kappa shape index (κ3) is 5.59. The first-order valence-corrected chi connectivity index (χ1v) is 15.2. The van der Waals surface area contributed by atoms with Crippen LogP contribution >= 0.6 is 0 Å². The Balaban J connectivity index is 1.33. The molecule has 2 unspecified atom stereocenters. The van der Waals surface area contributed by atoms with Crippen molar-refractivity contribution in [3.8, 4) is 22.9 Å². The Hall–Kier alpha value is -3.59. The molecule has 0 aliphatic heterocycles. The molecule has 0 saturated heterocycles. The minimum absolute atomic E-state index is 0.00451. The number of aryl methyl sites for hydroxylation is 1. The standard InChI is InChI=1S/C30H31FN4O3S/c1-19-16-20(18-39(36,37)23-11-12-23)24-8-2-3-9-25(24)28(19)38-29-26(10-5-14-32-29)27-13-15-33-30(35-27)34-22-7-4-6-21(31)17-22/h2-3,5,8-10,13-16,21-23H,4,6-7,11-12,17-18H2,1H3,(H,33,34,35). The third-order valence-corrected chi connectivity index (χ3v) is 9.70. The van der Waals surface area contributed by atoms with Crippen LogP contribution in [0.2, 0.25) is 0 Å². The van der Waals surface area contributed by atoms with Crippen molar-refractivity contribution in [2.24, 2.45) is 0 Å². The van der Waals surface area contributed by atoms with Gasteiger partial charge in [-0.05, 0) is 80.2 Å². The van der Waals surface area contributed by atoms with Crippen LogP contribution in [0.4, 0.5) is 10.3 Å². The molecule has 2 aliphatic rings. The molecule has 6 rings (SSSR count). The smallest absolute Gasteiger partial charge is 0.228 e. The second-order valence-electron chi connectivity index (χ2n) is 10.6. The number of aromatic nitrogens is 3. The lowest BCUT2D eigenvalue weighted by molar-refractivity contribution is 0.239. The lowest BCUT2D eigenvalue weighted by Crippen LogP contribution is -2.28. The first-order valence-electron chi connectivity index (χ1n) is 13.5. The summed E-state index contributed by atoms with van der Waals surface area (Å²) < 4.78 is 45.9. The molecule has 9 heteroatoms. The molecule has 0 bridgehead atoms. The van der Waals surface area contributed by atoms with Crippen molar-refractivity contribution in [1.29, 1.82) is 0 Å². The fraction of sp³-hybridized carbons (Fsp3) is 0.367. The highest BCUT2D eigenvalue weighted by molar-refractivity contribution is 7.91. The van der Waals surface area contributed by atoms with Crippen molar-refractivity contribution in [2.75, 3.05) is 5.32 Å². The first kappa shape index (κ1) is 25.7. The molecule has 2 atom stereocenters. The van der Waals surface area contributed by atoms with Crippen molar-refractivity contribution in [1.82, 2.24) is 15.0 Å². The van der Waals surface area contributed by atoms with E-state index in [0.717, 1.165) is 47.6 Å². The van der Waals surface area contributed by atoms with Gasteiger partial charge in [0, 0.05) is 23.8 Å². The van der Waals surface area contributed by atoms with Gasteiger partial charge in [0.15, 0.2) is 9.84 Å². The maximum absolute atomic E-state index is 13.9. The first-order chi connectivity index (χ1) is 18.9. The molecule has 0 radical (unpaired) electrons. The summed E-state index contributed by atoms with van der Waals surface area (Å²) in [7, 11) is -3.17. The zero-order valence-electron chi connectivity index (χ0n) is 21.8. The van der Waals surface area contributed by atoms with Crippen LogP contribution in [0.5, 0.6) is 11.6 Å². The summed E-state index contributed by atoms with van der Waals surface area (Å²) in [6.45, 7) is 1.92. The molecule has 202 valence electrons. The van der Waals surface area contributed by atoms with Gasteiger partial charge in [-0.1, -0.05) is 30.3 Å². The van der Waals surface area contributed by atoms with Gasteiger partial charge in [-0.3, -0.25) is 0 Å². The number of alkyl halides is 1. The largest absolute Gasteiger partial charge is 0.437 e. The van der Waals surface area contributed by atoms with Gasteiger partial charge in [-0.2, -0.15) is 0 Å². The zero-order valence-corrected chi connectivity index (χ0v) is 22.6. The summed E-state index contributed by atoms with van der Waals surface area (Å²) in [6, 6.07) is 15.1. The number of nitrogens with zero attached hydrogens (tertiary/aromatic N) is 3. The maximum Gasteiger partial charge on any atom is 0.228 e. The minimum Gasteiger partial charge on any atom is -0.437 e. The molecule has 0 amide bonds. The van der Waals surface area contributed by atoms with Gasteiger partial charge >= 0.3 is 0 Å². The highest BCUT2D eigenvalue weighted by Gasteiger charge is 2.36. The molecule has 39 heavy (non-hydrogen) atoms. The van der Waals surface area contributed by atoms with Gasteiger partial charge in [0.1, 0.15) is 11.9 Å². The Labute approximate surface area is 227 Å². The highest BCUT2D eigenvalue weighted by Crippen LogP contribution is 2.40. The Morgan fingerprint density at radius 1 is 1.00 bits per heavy atom. The van der Waals surface area contributed by atoms with Gasteiger partial charge in [-0.25, -0.2) is 27.8 Å². The van der Waals surface area contributed by atoms with E-state index in [4.69, 9.17) is 9.72 Å². The van der Waals surface area contributed by atoms with E-state index >= 15 is 0 Å². The van der Waals surface area contributed by atoms with E-state index in [-0.39, 0.29) is 17.0 Å². The Kier molecular flexibility index (Phi) is 6.93. The Morgan fingerprint density at radius 2 is 1.82 bits per heavy atom. The maximum atomic E-state index is 13.9. The van der Waals surface area contributed by atoms with E-state index in [0.29, 0.717) is 41.7 Å². The van der Waals surface area contributed by atoms with Crippen LogP contribution in [-0.4, -0.2) is 40.8 Å². The molecule has 2 aromatic heterocycles. The number of fused-ring (bicyclic) bond motifs is 1. The molecular weight excluding hydrogens is 515 g/mol. The molecular formula is C30H31FN4O3S. The number of hydrogen-bond donors (Lipinski definition) is 1. The minimum atomic E-state index is -3.17. The summed E-state index contributed by atoms with van der Waals surface area (Å²) in [5.74, 6) is 1.48. The van der Waals surface area contributed by atoms with Crippen molar-refractivity contribution >= 4 is 26.6 Å². The lowest BCUT2D eigenvalue weighted by Gasteiger charge is -2.25. The molecule has 2 heterocycles. The normalized spacial score (nSPS) is 19.6. The summed E-state index contributed by atoms with van der Waals surface area (Å²) in [4.78, 5) is 13.6. The van der Waals surface area contributed by atoms with E-state index in [1.807, 2.05) is 49.4 Å². The van der Waals surface area contributed by atoms with Crippen LogP contribution in [0.15, 0.2) is 60.9 Å². The molecule has 2 aromatic carbocycles. The van der Waals surface area contributed by atoms with E-state index in [2.05, 4.69) is 15.3 Å². The molecule has 1 N–H and O–H groups in total. The summed E-state index contributed by atoms with van der Waals surface area (Å²) >= 11 is 0.